The van der Waals surface area contributed by atoms with Crippen LogP contribution in [0.4, 0.5) is 11.4 Å². The first-order valence-electron chi connectivity index (χ1n) is 8.76. The molecule has 0 aliphatic heterocycles. The van der Waals surface area contributed by atoms with Crippen molar-refractivity contribution in [1.29, 1.82) is 0 Å². The lowest BCUT2D eigenvalue weighted by Gasteiger charge is -2.18. The van der Waals surface area contributed by atoms with Gasteiger partial charge in [-0.1, -0.05) is 43.6 Å². The molecule has 0 saturated carbocycles. The van der Waals surface area contributed by atoms with Gasteiger partial charge in [-0.3, -0.25) is 4.79 Å². The summed E-state index contributed by atoms with van der Waals surface area (Å²) in [5.74, 6) is -0.0651. The Hall–Kier alpha value is -2.04. The minimum atomic E-state index is -0.0651. The smallest absolute Gasteiger partial charge is 0.253 e. The predicted molar refractivity (Wildman–Crippen MR) is 106 cm³/mol. The summed E-state index contributed by atoms with van der Waals surface area (Å²) in [6.07, 6.45) is 0.942. The van der Waals surface area contributed by atoms with E-state index < -0.39 is 0 Å². The molecule has 4 nitrogen and oxygen atoms in total. The molecule has 0 radical (unpaired) electrons. The van der Waals surface area contributed by atoms with Crippen molar-refractivity contribution in [1.82, 2.24) is 10.2 Å². The summed E-state index contributed by atoms with van der Waals surface area (Å²) in [5.41, 5.74) is 2.26. The maximum absolute atomic E-state index is 12.5. The molecule has 134 valence electrons. The number of carbonyl (C=O) groups excluding carboxylic acids is 1. The van der Waals surface area contributed by atoms with Gasteiger partial charge >= 0.3 is 0 Å². The number of benzene rings is 2. The average Bonchev–Trinajstić information content (AvgIpc) is 2.62. The highest BCUT2D eigenvalue weighted by Gasteiger charge is 2.11. The molecule has 2 aromatic carbocycles. The molecule has 0 aliphatic rings. The predicted octanol–water partition coefficient (Wildman–Crippen LogP) is 4.55. The first kappa shape index (κ1) is 19.3. The van der Waals surface area contributed by atoms with Crippen molar-refractivity contribution in [3.05, 3.63) is 59.1 Å². The molecule has 0 aromatic heterocycles. The standard InChI is InChI=1S/C20H26ClN3O/c1-3-24(4-2)14-8-13-22-20(25)18-11-5-6-12-19(18)23-17-10-7-9-16(21)15-17/h5-7,9-12,15,23H,3-4,8,13-14H2,1-2H3,(H,22,25). The van der Waals surface area contributed by atoms with Crippen LogP contribution in [0.1, 0.15) is 30.6 Å². The minimum Gasteiger partial charge on any atom is -0.355 e. The summed E-state index contributed by atoms with van der Waals surface area (Å²) in [5, 5.41) is 6.93. The lowest BCUT2D eigenvalue weighted by molar-refractivity contribution is 0.0952. The summed E-state index contributed by atoms with van der Waals surface area (Å²) in [4.78, 5) is 14.9. The fraction of sp³-hybridized carbons (Fsp3) is 0.350. The molecular weight excluding hydrogens is 334 g/mol. The lowest BCUT2D eigenvalue weighted by Crippen LogP contribution is -2.30. The van der Waals surface area contributed by atoms with E-state index in [0.29, 0.717) is 17.1 Å². The third-order valence-corrected chi connectivity index (χ3v) is 4.34. The lowest BCUT2D eigenvalue weighted by atomic mass is 10.1. The molecule has 0 spiro atoms. The van der Waals surface area contributed by atoms with Crippen LogP contribution in [-0.4, -0.2) is 37.0 Å². The second-order valence-electron chi connectivity index (χ2n) is 5.82. The van der Waals surface area contributed by atoms with Crippen LogP contribution >= 0.6 is 11.6 Å². The van der Waals surface area contributed by atoms with Gasteiger partial charge in [0.2, 0.25) is 0 Å². The van der Waals surface area contributed by atoms with Gasteiger partial charge in [0.1, 0.15) is 0 Å². The number of nitrogens with zero attached hydrogens (tertiary/aromatic N) is 1. The monoisotopic (exact) mass is 359 g/mol. The summed E-state index contributed by atoms with van der Waals surface area (Å²) in [7, 11) is 0. The molecule has 0 heterocycles. The zero-order valence-electron chi connectivity index (χ0n) is 14.9. The molecule has 1 amide bonds. The number of carbonyl (C=O) groups is 1. The van der Waals surface area contributed by atoms with Gasteiger partial charge in [0.15, 0.2) is 0 Å². The van der Waals surface area contributed by atoms with Gasteiger partial charge < -0.3 is 15.5 Å². The Morgan fingerprint density at radius 1 is 1.08 bits per heavy atom. The zero-order valence-corrected chi connectivity index (χ0v) is 15.6. The number of hydrogen-bond acceptors (Lipinski definition) is 3. The van der Waals surface area contributed by atoms with Gasteiger partial charge in [-0.2, -0.15) is 0 Å². The van der Waals surface area contributed by atoms with E-state index in [1.807, 2.05) is 48.5 Å². The van der Waals surface area contributed by atoms with Crippen molar-refractivity contribution in [3.63, 3.8) is 0 Å². The van der Waals surface area contributed by atoms with E-state index >= 15 is 0 Å². The van der Waals surface area contributed by atoms with Crippen molar-refractivity contribution in [2.45, 2.75) is 20.3 Å². The number of halogens is 1. The van der Waals surface area contributed by atoms with Crippen molar-refractivity contribution < 1.29 is 4.79 Å². The second kappa shape index (κ2) is 10.1. The van der Waals surface area contributed by atoms with Crippen LogP contribution in [-0.2, 0) is 0 Å². The number of rotatable bonds is 9. The Morgan fingerprint density at radius 2 is 1.84 bits per heavy atom. The van der Waals surface area contributed by atoms with Crippen LogP contribution in [0.15, 0.2) is 48.5 Å². The summed E-state index contributed by atoms with van der Waals surface area (Å²) < 4.78 is 0. The maximum Gasteiger partial charge on any atom is 0.253 e. The number of nitrogens with one attached hydrogen (secondary N) is 2. The Bertz CT molecular complexity index is 686. The molecule has 25 heavy (non-hydrogen) atoms. The van der Waals surface area contributed by atoms with Gasteiger partial charge in [-0.25, -0.2) is 0 Å². The highest BCUT2D eigenvalue weighted by molar-refractivity contribution is 6.30. The van der Waals surface area contributed by atoms with E-state index in [9.17, 15) is 4.79 Å². The van der Waals surface area contributed by atoms with Crippen LogP contribution in [0.3, 0.4) is 0 Å². The maximum atomic E-state index is 12.5. The minimum absolute atomic E-state index is 0.0651. The Balaban J connectivity index is 1.96. The first-order chi connectivity index (χ1) is 12.1. The summed E-state index contributed by atoms with van der Waals surface area (Å²) in [6.45, 7) is 8.05. The largest absolute Gasteiger partial charge is 0.355 e. The van der Waals surface area contributed by atoms with Crippen LogP contribution in [0, 0.1) is 0 Å². The van der Waals surface area contributed by atoms with Gasteiger partial charge in [0.25, 0.3) is 5.91 Å². The number of amides is 1. The summed E-state index contributed by atoms with van der Waals surface area (Å²) >= 11 is 6.02. The van der Waals surface area contributed by atoms with Crippen molar-refractivity contribution in [3.8, 4) is 0 Å². The molecule has 0 atom stereocenters. The second-order valence-corrected chi connectivity index (χ2v) is 6.25. The van der Waals surface area contributed by atoms with Gasteiger partial charge in [-0.15, -0.1) is 0 Å². The quantitative estimate of drug-likeness (QED) is 0.646. The van der Waals surface area contributed by atoms with Crippen LogP contribution < -0.4 is 10.6 Å². The van der Waals surface area contributed by atoms with E-state index in [4.69, 9.17) is 11.6 Å². The molecule has 0 bridgehead atoms. The highest BCUT2D eigenvalue weighted by Crippen LogP contribution is 2.23. The first-order valence-corrected chi connectivity index (χ1v) is 9.14. The Morgan fingerprint density at radius 3 is 2.56 bits per heavy atom. The number of anilines is 2. The molecule has 0 fully saturated rings. The molecule has 5 heteroatoms. The van der Waals surface area contributed by atoms with E-state index in [2.05, 4.69) is 29.4 Å². The highest BCUT2D eigenvalue weighted by atomic mass is 35.5. The fourth-order valence-corrected chi connectivity index (χ4v) is 2.84. The van der Waals surface area contributed by atoms with Gasteiger partial charge in [0, 0.05) is 17.3 Å². The van der Waals surface area contributed by atoms with Crippen LogP contribution in [0.5, 0.6) is 0 Å². The normalized spacial score (nSPS) is 10.7. The van der Waals surface area contributed by atoms with Crippen LogP contribution in [0.25, 0.3) is 0 Å². The third kappa shape index (κ3) is 6.07. The van der Waals surface area contributed by atoms with E-state index in [1.54, 1.807) is 0 Å². The molecule has 2 N–H and O–H groups in total. The zero-order chi connectivity index (χ0) is 18.1. The van der Waals surface area contributed by atoms with E-state index in [0.717, 1.165) is 37.4 Å². The Labute approximate surface area is 155 Å². The summed E-state index contributed by atoms with van der Waals surface area (Å²) in [6, 6.07) is 14.9. The molecular formula is C20H26ClN3O. The SMILES string of the molecule is CCN(CC)CCCNC(=O)c1ccccc1Nc1cccc(Cl)c1. The molecule has 2 rings (SSSR count). The molecule has 2 aromatic rings. The molecule has 0 saturated heterocycles. The van der Waals surface area contributed by atoms with E-state index in [-0.39, 0.29) is 5.91 Å². The number of para-hydroxylation sites is 1. The van der Waals surface area contributed by atoms with Crippen molar-refractivity contribution in [2.75, 3.05) is 31.5 Å². The fourth-order valence-electron chi connectivity index (χ4n) is 2.65. The topological polar surface area (TPSA) is 44.4 Å². The van der Waals surface area contributed by atoms with Gasteiger partial charge in [0.05, 0.1) is 11.3 Å². The molecule has 0 unspecified atom stereocenters. The van der Waals surface area contributed by atoms with Crippen molar-refractivity contribution >= 4 is 28.9 Å². The van der Waals surface area contributed by atoms with Crippen LogP contribution in [0.2, 0.25) is 5.02 Å². The third-order valence-electron chi connectivity index (χ3n) is 4.11. The van der Waals surface area contributed by atoms with E-state index in [1.165, 1.54) is 0 Å². The Kier molecular flexibility index (Phi) is 7.76. The van der Waals surface area contributed by atoms with Crippen molar-refractivity contribution in [2.24, 2.45) is 0 Å². The average molecular weight is 360 g/mol. The molecule has 0 aliphatic carbocycles. The number of hydrogen-bond donors (Lipinski definition) is 2. The van der Waals surface area contributed by atoms with Gasteiger partial charge in [-0.05, 0) is 56.4 Å².